The van der Waals surface area contributed by atoms with E-state index in [0.29, 0.717) is 41.8 Å². The molecule has 8 nitrogen and oxygen atoms in total. The first-order valence-corrected chi connectivity index (χ1v) is 9.26. The molecule has 152 valence electrons. The minimum Gasteiger partial charge on any atom is -0.368 e. The van der Waals surface area contributed by atoms with Crippen molar-refractivity contribution >= 4 is 17.5 Å². The van der Waals surface area contributed by atoms with E-state index in [1.54, 1.807) is 23.7 Å². The highest BCUT2D eigenvalue weighted by Crippen LogP contribution is 2.14. The van der Waals surface area contributed by atoms with E-state index in [2.05, 4.69) is 31.0 Å². The summed E-state index contributed by atoms with van der Waals surface area (Å²) >= 11 is 0. The Kier molecular flexibility index (Phi) is 6.06. The van der Waals surface area contributed by atoms with Gasteiger partial charge in [-0.2, -0.15) is 5.10 Å². The van der Waals surface area contributed by atoms with Crippen molar-refractivity contribution in [2.75, 3.05) is 23.7 Å². The van der Waals surface area contributed by atoms with Gasteiger partial charge in [-0.15, -0.1) is 0 Å². The minimum absolute atomic E-state index is 0.359. The van der Waals surface area contributed by atoms with Crippen molar-refractivity contribution in [3.05, 3.63) is 58.9 Å². The molecule has 1 aromatic carbocycles. The zero-order valence-corrected chi connectivity index (χ0v) is 16.9. The number of benzene rings is 1. The highest BCUT2D eigenvalue weighted by Gasteiger charge is 2.09. The average molecular weight is 397 g/mol. The summed E-state index contributed by atoms with van der Waals surface area (Å²) in [5.74, 6) is 1.58. The molecule has 2 aromatic heterocycles. The van der Waals surface area contributed by atoms with E-state index < -0.39 is 6.03 Å². The number of urea groups is 1. The standard InChI is InChI=1S/C20H24FN7O/c1-12-5-6-16(10-17(12)21)26-20(29)23-8-7-22-18-11-19(25-15(4)24-18)28-14(3)9-13(2)27-28/h5-6,9-11H,7-8H2,1-4H3,(H,22,24,25)(H2,23,26,29). The molecule has 0 saturated carbocycles. The number of amides is 2. The molecular weight excluding hydrogens is 373 g/mol. The van der Waals surface area contributed by atoms with E-state index in [1.165, 1.54) is 6.07 Å². The van der Waals surface area contributed by atoms with E-state index in [-0.39, 0.29) is 5.82 Å². The Bertz CT molecular complexity index is 1030. The summed E-state index contributed by atoms with van der Waals surface area (Å²) in [5.41, 5.74) is 2.83. The second-order valence-corrected chi connectivity index (χ2v) is 6.77. The van der Waals surface area contributed by atoms with Gasteiger partial charge in [-0.1, -0.05) is 6.07 Å². The second kappa shape index (κ2) is 8.68. The van der Waals surface area contributed by atoms with Crippen molar-refractivity contribution in [1.82, 2.24) is 25.1 Å². The van der Waals surface area contributed by atoms with Crippen molar-refractivity contribution < 1.29 is 9.18 Å². The van der Waals surface area contributed by atoms with Gasteiger partial charge in [0.15, 0.2) is 5.82 Å². The van der Waals surface area contributed by atoms with E-state index in [9.17, 15) is 9.18 Å². The van der Waals surface area contributed by atoms with E-state index in [1.807, 2.05) is 32.9 Å². The number of rotatable bonds is 6. The molecule has 0 spiro atoms. The third-order valence-corrected chi connectivity index (χ3v) is 4.20. The predicted molar refractivity (Wildman–Crippen MR) is 110 cm³/mol. The zero-order valence-electron chi connectivity index (χ0n) is 16.9. The van der Waals surface area contributed by atoms with Gasteiger partial charge in [-0.25, -0.2) is 23.8 Å². The smallest absolute Gasteiger partial charge is 0.319 e. The molecule has 29 heavy (non-hydrogen) atoms. The first-order chi connectivity index (χ1) is 13.8. The molecule has 0 atom stereocenters. The molecule has 0 unspecified atom stereocenters. The first kappa shape index (κ1) is 20.2. The van der Waals surface area contributed by atoms with Crippen molar-refractivity contribution in [3.8, 4) is 5.82 Å². The van der Waals surface area contributed by atoms with Crippen LogP contribution in [0.5, 0.6) is 0 Å². The van der Waals surface area contributed by atoms with Crippen LogP contribution in [0.2, 0.25) is 0 Å². The minimum atomic E-state index is -0.405. The fourth-order valence-corrected chi connectivity index (χ4v) is 2.82. The summed E-state index contributed by atoms with van der Waals surface area (Å²) in [4.78, 5) is 20.7. The lowest BCUT2D eigenvalue weighted by molar-refractivity contribution is 0.252. The summed E-state index contributed by atoms with van der Waals surface area (Å²) in [6.07, 6.45) is 0. The van der Waals surface area contributed by atoms with Gasteiger partial charge in [0.05, 0.1) is 5.69 Å². The van der Waals surface area contributed by atoms with Crippen LogP contribution in [0.3, 0.4) is 0 Å². The Labute approximate surface area is 168 Å². The molecule has 2 heterocycles. The number of aromatic nitrogens is 4. The second-order valence-electron chi connectivity index (χ2n) is 6.77. The molecule has 0 fully saturated rings. The number of hydrogen-bond acceptors (Lipinski definition) is 5. The van der Waals surface area contributed by atoms with Gasteiger partial charge in [-0.05, 0) is 51.5 Å². The fourth-order valence-electron chi connectivity index (χ4n) is 2.82. The number of nitrogens with one attached hydrogen (secondary N) is 3. The first-order valence-electron chi connectivity index (χ1n) is 9.26. The van der Waals surface area contributed by atoms with Crippen LogP contribution < -0.4 is 16.0 Å². The Morgan fingerprint density at radius 3 is 2.55 bits per heavy atom. The van der Waals surface area contributed by atoms with Crippen LogP contribution in [0.1, 0.15) is 22.8 Å². The molecule has 0 aliphatic heterocycles. The summed E-state index contributed by atoms with van der Waals surface area (Å²) in [6.45, 7) is 8.19. The SMILES string of the molecule is Cc1cc(C)n(-c2cc(NCCNC(=O)Nc3ccc(C)c(F)c3)nc(C)n2)n1. The Hall–Kier alpha value is -3.49. The number of hydrogen-bond donors (Lipinski definition) is 3. The molecule has 0 aliphatic rings. The normalized spacial score (nSPS) is 10.7. The van der Waals surface area contributed by atoms with Gasteiger partial charge in [0.2, 0.25) is 0 Å². The van der Waals surface area contributed by atoms with E-state index in [4.69, 9.17) is 0 Å². The largest absolute Gasteiger partial charge is 0.368 e. The Balaban J connectivity index is 1.53. The van der Waals surface area contributed by atoms with Crippen molar-refractivity contribution in [2.45, 2.75) is 27.7 Å². The van der Waals surface area contributed by atoms with Crippen LogP contribution in [0.15, 0.2) is 30.3 Å². The van der Waals surface area contributed by atoms with Crippen molar-refractivity contribution in [3.63, 3.8) is 0 Å². The topological polar surface area (TPSA) is 96.8 Å². The monoisotopic (exact) mass is 397 g/mol. The number of anilines is 2. The number of carbonyl (C=O) groups excluding carboxylic acids is 1. The zero-order chi connectivity index (χ0) is 21.0. The Morgan fingerprint density at radius 1 is 1.07 bits per heavy atom. The third-order valence-electron chi connectivity index (χ3n) is 4.20. The number of halogens is 1. The van der Waals surface area contributed by atoms with Gasteiger partial charge >= 0.3 is 6.03 Å². The third kappa shape index (κ3) is 5.28. The molecular formula is C20H24FN7O. The lowest BCUT2D eigenvalue weighted by Crippen LogP contribution is -2.32. The summed E-state index contributed by atoms with van der Waals surface area (Å²) < 4.78 is 15.3. The number of aryl methyl sites for hydroxylation is 4. The molecule has 0 bridgehead atoms. The molecule has 2 amide bonds. The number of carbonyl (C=O) groups is 1. The predicted octanol–water partition coefficient (Wildman–Crippen LogP) is 3.27. The highest BCUT2D eigenvalue weighted by atomic mass is 19.1. The van der Waals surface area contributed by atoms with E-state index in [0.717, 1.165) is 11.4 Å². The van der Waals surface area contributed by atoms with Crippen LogP contribution >= 0.6 is 0 Å². The van der Waals surface area contributed by atoms with E-state index >= 15 is 0 Å². The molecule has 0 aliphatic carbocycles. The summed E-state index contributed by atoms with van der Waals surface area (Å²) in [7, 11) is 0. The van der Waals surface area contributed by atoms with Crippen molar-refractivity contribution in [2.24, 2.45) is 0 Å². The number of nitrogens with zero attached hydrogens (tertiary/aromatic N) is 4. The van der Waals surface area contributed by atoms with Crippen LogP contribution in [0.25, 0.3) is 5.82 Å². The summed E-state index contributed by atoms with van der Waals surface area (Å²) in [6, 6.07) is 7.94. The molecule has 0 saturated heterocycles. The van der Waals surface area contributed by atoms with Gasteiger partial charge in [-0.3, -0.25) is 0 Å². The maximum atomic E-state index is 13.5. The van der Waals surface area contributed by atoms with Gasteiger partial charge in [0, 0.05) is 30.5 Å². The quantitative estimate of drug-likeness (QED) is 0.555. The lowest BCUT2D eigenvalue weighted by atomic mass is 10.2. The highest BCUT2D eigenvalue weighted by molar-refractivity contribution is 5.89. The van der Waals surface area contributed by atoms with Gasteiger partial charge in [0.25, 0.3) is 0 Å². The van der Waals surface area contributed by atoms with Crippen LogP contribution in [-0.2, 0) is 0 Å². The lowest BCUT2D eigenvalue weighted by Gasteiger charge is -2.11. The Morgan fingerprint density at radius 2 is 1.86 bits per heavy atom. The van der Waals surface area contributed by atoms with Crippen LogP contribution in [0, 0.1) is 33.5 Å². The fraction of sp³-hybridized carbons (Fsp3) is 0.300. The maximum absolute atomic E-state index is 13.5. The average Bonchev–Trinajstić information content (AvgIpc) is 3.00. The molecule has 9 heteroatoms. The van der Waals surface area contributed by atoms with Gasteiger partial charge in [0.1, 0.15) is 17.5 Å². The van der Waals surface area contributed by atoms with Gasteiger partial charge < -0.3 is 16.0 Å². The van der Waals surface area contributed by atoms with Crippen LogP contribution in [0.4, 0.5) is 20.7 Å². The van der Waals surface area contributed by atoms with Crippen molar-refractivity contribution in [1.29, 1.82) is 0 Å². The maximum Gasteiger partial charge on any atom is 0.319 e. The summed E-state index contributed by atoms with van der Waals surface area (Å²) in [5, 5.41) is 12.9. The molecule has 0 radical (unpaired) electrons. The molecule has 3 aromatic rings. The van der Waals surface area contributed by atoms with Crippen LogP contribution in [-0.4, -0.2) is 38.9 Å². The molecule has 3 rings (SSSR count). The molecule has 3 N–H and O–H groups in total.